The lowest BCUT2D eigenvalue weighted by atomic mass is 10.2. The van der Waals surface area contributed by atoms with Crippen LogP contribution in [-0.2, 0) is 4.79 Å². The molecule has 1 amide bonds. The number of hydrogen-bond donors (Lipinski definition) is 1. The molecule has 0 radical (unpaired) electrons. The van der Waals surface area contributed by atoms with Crippen molar-refractivity contribution in [1.82, 2.24) is 10.3 Å². The zero-order valence-corrected chi connectivity index (χ0v) is 8.92. The van der Waals surface area contributed by atoms with Gasteiger partial charge < -0.3 is 9.73 Å². The van der Waals surface area contributed by atoms with E-state index in [4.69, 9.17) is 4.42 Å². The van der Waals surface area contributed by atoms with Crippen molar-refractivity contribution in [2.24, 2.45) is 0 Å². The number of aromatic nitrogens is 1. The average molecular weight is 230 g/mol. The highest BCUT2D eigenvalue weighted by Gasteiger charge is 2.13. The quantitative estimate of drug-likeness (QED) is 0.620. The van der Waals surface area contributed by atoms with Gasteiger partial charge in [0.15, 0.2) is 0 Å². The van der Waals surface area contributed by atoms with E-state index in [1.807, 2.05) is 30.3 Å². The van der Waals surface area contributed by atoms with Gasteiger partial charge >= 0.3 is 0 Å². The van der Waals surface area contributed by atoms with E-state index < -0.39 is 0 Å². The number of nitrogens with one attached hydrogen (secondary N) is 1. The zero-order chi connectivity index (χ0) is 12.1. The summed E-state index contributed by atoms with van der Waals surface area (Å²) in [6, 6.07) is 9.38. The third kappa shape index (κ3) is 2.57. The second kappa shape index (κ2) is 5.07. The Morgan fingerprint density at radius 3 is 2.82 bits per heavy atom. The van der Waals surface area contributed by atoms with Crippen molar-refractivity contribution in [2.45, 2.75) is 0 Å². The summed E-state index contributed by atoms with van der Waals surface area (Å²) in [5.74, 6) is -0.363. The Balaban J connectivity index is 2.16. The maximum absolute atomic E-state index is 11.5. The van der Waals surface area contributed by atoms with Gasteiger partial charge in [-0.25, -0.2) is 4.98 Å². The SMILES string of the molecule is O=CNCC(=O)c1nc(-c2ccccc2)co1. The Morgan fingerprint density at radius 2 is 2.12 bits per heavy atom. The van der Waals surface area contributed by atoms with Crippen LogP contribution in [0.2, 0.25) is 0 Å². The molecule has 1 N–H and O–H groups in total. The minimum absolute atomic E-state index is 0.00166. The van der Waals surface area contributed by atoms with Crippen molar-refractivity contribution in [1.29, 1.82) is 0 Å². The number of hydrogen-bond acceptors (Lipinski definition) is 4. The lowest BCUT2D eigenvalue weighted by Crippen LogP contribution is -2.21. The Bertz CT molecular complexity index is 520. The van der Waals surface area contributed by atoms with Gasteiger partial charge in [-0.1, -0.05) is 30.3 Å². The van der Waals surface area contributed by atoms with Crippen LogP contribution in [-0.4, -0.2) is 23.7 Å². The first-order chi connectivity index (χ1) is 8.31. The van der Waals surface area contributed by atoms with E-state index in [1.165, 1.54) is 6.26 Å². The highest BCUT2D eigenvalue weighted by Crippen LogP contribution is 2.17. The molecular weight excluding hydrogens is 220 g/mol. The van der Waals surface area contributed by atoms with Gasteiger partial charge in [0.25, 0.3) is 5.89 Å². The Morgan fingerprint density at radius 1 is 1.35 bits per heavy atom. The van der Waals surface area contributed by atoms with Crippen LogP contribution >= 0.6 is 0 Å². The highest BCUT2D eigenvalue weighted by atomic mass is 16.3. The first kappa shape index (κ1) is 11.1. The lowest BCUT2D eigenvalue weighted by molar-refractivity contribution is -0.109. The second-order valence-electron chi connectivity index (χ2n) is 3.33. The fraction of sp³-hybridized carbons (Fsp3) is 0.0833. The van der Waals surface area contributed by atoms with Crippen LogP contribution in [0.5, 0.6) is 0 Å². The predicted molar refractivity (Wildman–Crippen MR) is 60.3 cm³/mol. The minimum Gasteiger partial charge on any atom is -0.442 e. The molecule has 0 aliphatic heterocycles. The van der Waals surface area contributed by atoms with E-state index in [9.17, 15) is 9.59 Å². The van der Waals surface area contributed by atoms with Crippen LogP contribution in [0.1, 0.15) is 10.7 Å². The summed E-state index contributed by atoms with van der Waals surface area (Å²) < 4.78 is 5.06. The normalized spacial score (nSPS) is 9.88. The molecule has 17 heavy (non-hydrogen) atoms. The summed E-state index contributed by atoms with van der Waals surface area (Å²) in [5, 5.41) is 2.27. The molecule has 5 nitrogen and oxygen atoms in total. The van der Waals surface area contributed by atoms with Gasteiger partial charge in [-0.2, -0.15) is 0 Å². The molecule has 2 aromatic rings. The summed E-state index contributed by atoms with van der Waals surface area (Å²) in [4.78, 5) is 25.6. The fourth-order valence-electron chi connectivity index (χ4n) is 1.35. The van der Waals surface area contributed by atoms with Crippen molar-refractivity contribution in [3.05, 3.63) is 42.5 Å². The highest BCUT2D eigenvalue weighted by molar-refractivity contribution is 5.94. The molecule has 0 fully saturated rings. The molecule has 0 bridgehead atoms. The maximum Gasteiger partial charge on any atom is 0.265 e. The van der Waals surface area contributed by atoms with E-state index >= 15 is 0 Å². The number of carbonyl (C=O) groups is 2. The number of rotatable bonds is 5. The third-order valence-electron chi connectivity index (χ3n) is 2.16. The van der Waals surface area contributed by atoms with Crippen molar-refractivity contribution >= 4 is 12.2 Å². The van der Waals surface area contributed by atoms with Crippen molar-refractivity contribution in [3.8, 4) is 11.3 Å². The van der Waals surface area contributed by atoms with Gasteiger partial charge in [0.05, 0.1) is 6.54 Å². The molecule has 0 unspecified atom stereocenters. The molecule has 86 valence electrons. The lowest BCUT2D eigenvalue weighted by Gasteiger charge is -1.93. The van der Waals surface area contributed by atoms with Crippen LogP contribution in [0.25, 0.3) is 11.3 Å². The van der Waals surface area contributed by atoms with E-state index in [1.54, 1.807) is 0 Å². The molecule has 0 aliphatic carbocycles. The molecule has 5 heteroatoms. The molecular formula is C12H10N2O3. The van der Waals surface area contributed by atoms with Crippen molar-refractivity contribution in [3.63, 3.8) is 0 Å². The molecule has 2 rings (SSSR count). The van der Waals surface area contributed by atoms with Gasteiger partial charge in [0, 0.05) is 5.56 Å². The minimum atomic E-state index is -0.362. The predicted octanol–water partition coefficient (Wildman–Crippen LogP) is 1.27. The molecule has 0 saturated carbocycles. The number of carbonyl (C=O) groups excluding carboxylic acids is 2. The molecule has 1 heterocycles. The number of nitrogens with zero attached hydrogens (tertiary/aromatic N) is 1. The fourth-order valence-corrected chi connectivity index (χ4v) is 1.35. The van der Waals surface area contributed by atoms with Crippen LogP contribution in [0.3, 0.4) is 0 Å². The standard InChI is InChI=1S/C12H10N2O3/c15-8-13-6-11(16)12-14-10(7-17-12)9-4-2-1-3-5-9/h1-5,7-8H,6H2,(H,13,15). The van der Waals surface area contributed by atoms with Crippen molar-refractivity contribution < 1.29 is 14.0 Å². The molecule has 1 aromatic carbocycles. The summed E-state index contributed by atoms with van der Waals surface area (Å²) in [5.41, 5.74) is 1.47. The summed E-state index contributed by atoms with van der Waals surface area (Å²) >= 11 is 0. The smallest absolute Gasteiger partial charge is 0.265 e. The molecule has 1 aromatic heterocycles. The van der Waals surface area contributed by atoms with E-state index in [2.05, 4.69) is 10.3 Å². The summed E-state index contributed by atoms with van der Waals surface area (Å²) in [7, 11) is 0. The van der Waals surface area contributed by atoms with Crippen LogP contribution in [0.15, 0.2) is 41.0 Å². The molecule has 0 atom stereocenters. The number of oxazole rings is 1. The average Bonchev–Trinajstić information content (AvgIpc) is 2.86. The molecule has 0 saturated heterocycles. The largest absolute Gasteiger partial charge is 0.442 e. The molecule has 0 spiro atoms. The second-order valence-corrected chi connectivity index (χ2v) is 3.33. The van der Waals surface area contributed by atoms with Gasteiger partial charge in [-0.3, -0.25) is 9.59 Å². The van der Waals surface area contributed by atoms with Gasteiger partial charge in [-0.05, 0) is 0 Å². The monoisotopic (exact) mass is 230 g/mol. The maximum atomic E-state index is 11.5. The number of ketones is 1. The number of benzene rings is 1. The van der Waals surface area contributed by atoms with Gasteiger partial charge in [-0.15, -0.1) is 0 Å². The number of Topliss-reactive ketones (excluding diaryl/α,β-unsaturated/α-hetero) is 1. The summed E-state index contributed by atoms with van der Waals surface area (Å²) in [6.07, 6.45) is 1.88. The van der Waals surface area contributed by atoms with E-state index in [-0.39, 0.29) is 18.2 Å². The zero-order valence-electron chi connectivity index (χ0n) is 8.92. The van der Waals surface area contributed by atoms with Crippen LogP contribution < -0.4 is 5.32 Å². The van der Waals surface area contributed by atoms with Crippen molar-refractivity contribution in [2.75, 3.05) is 6.54 Å². The number of amides is 1. The van der Waals surface area contributed by atoms with Gasteiger partial charge in [0.2, 0.25) is 12.2 Å². The Hall–Kier alpha value is -2.43. The van der Waals surface area contributed by atoms with E-state index in [0.29, 0.717) is 12.1 Å². The topological polar surface area (TPSA) is 72.2 Å². The summed E-state index contributed by atoms with van der Waals surface area (Å²) in [6.45, 7) is -0.113. The van der Waals surface area contributed by atoms with E-state index in [0.717, 1.165) is 5.56 Å². The Kier molecular flexibility index (Phi) is 3.30. The van der Waals surface area contributed by atoms with Crippen LogP contribution in [0, 0.1) is 0 Å². The third-order valence-corrected chi connectivity index (χ3v) is 2.16. The first-order valence-electron chi connectivity index (χ1n) is 5.02. The van der Waals surface area contributed by atoms with Crippen LogP contribution in [0.4, 0.5) is 0 Å². The molecule has 0 aliphatic rings. The first-order valence-corrected chi connectivity index (χ1v) is 5.02. The Labute approximate surface area is 97.5 Å². The van der Waals surface area contributed by atoms with Gasteiger partial charge in [0.1, 0.15) is 12.0 Å².